The lowest BCUT2D eigenvalue weighted by molar-refractivity contribution is -0.131. The summed E-state index contributed by atoms with van der Waals surface area (Å²) in [4.78, 5) is 24.7. The Bertz CT molecular complexity index is 611. The van der Waals surface area contributed by atoms with Gasteiger partial charge in [0.2, 0.25) is 0 Å². The second-order valence-corrected chi connectivity index (χ2v) is 8.34. The smallest absolute Gasteiger partial charge is 0.155 e. The van der Waals surface area contributed by atoms with E-state index in [1.54, 1.807) is 5.57 Å². The lowest BCUT2D eigenvalue weighted by Crippen LogP contribution is -2.43. The fourth-order valence-corrected chi connectivity index (χ4v) is 6.30. The lowest BCUT2D eigenvalue weighted by atomic mass is 9.55. The molecule has 0 N–H and O–H groups in total. The molecule has 4 aliphatic rings. The summed E-state index contributed by atoms with van der Waals surface area (Å²) in [6, 6.07) is 0. The van der Waals surface area contributed by atoms with Gasteiger partial charge in [-0.2, -0.15) is 0 Å². The first kappa shape index (κ1) is 15.4. The quantitative estimate of drug-likeness (QED) is 0.696. The molecule has 0 aliphatic heterocycles. The Morgan fingerprint density at radius 2 is 2.04 bits per heavy atom. The molecule has 0 radical (unpaired) electrons. The second kappa shape index (κ2) is 5.43. The van der Waals surface area contributed by atoms with Gasteiger partial charge in [0.05, 0.1) is 0 Å². The predicted molar refractivity (Wildman–Crippen MR) is 90.9 cm³/mol. The Balaban J connectivity index is 1.72. The molecule has 2 saturated carbocycles. The molecule has 23 heavy (non-hydrogen) atoms. The van der Waals surface area contributed by atoms with Crippen molar-refractivity contribution in [2.75, 3.05) is 0 Å². The largest absolute Gasteiger partial charge is 0.299 e. The number of hydrogen-bond acceptors (Lipinski definition) is 2. The van der Waals surface area contributed by atoms with Crippen molar-refractivity contribution in [2.45, 2.75) is 65.2 Å². The fourth-order valence-electron chi connectivity index (χ4n) is 6.30. The molecule has 0 aromatic heterocycles. The first-order valence-corrected chi connectivity index (χ1v) is 9.54. The highest BCUT2D eigenvalue weighted by Crippen LogP contribution is 2.61. The number of ketones is 2. The number of Topliss-reactive ketones (excluding diaryl/α,β-unsaturated/α-hetero) is 1. The fraction of sp³-hybridized carbons (Fsp3) is 0.714. The van der Waals surface area contributed by atoms with E-state index >= 15 is 0 Å². The van der Waals surface area contributed by atoms with Crippen molar-refractivity contribution in [1.82, 2.24) is 0 Å². The van der Waals surface area contributed by atoms with E-state index in [1.807, 2.05) is 6.08 Å². The van der Waals surface area contributed by atoms with Crippen molar-refractivity contribution >= 4 is 11.6 Å². The Morgan fingerprint density at radius 3 is 2.83 bits per heavy atom. The third kappa shape index (κ3) is 2.13. The van der Waals surface area contributed by atoms with E-state index in [1.165, 1.54) is 5.57 Å². The van der Waals surface area contributed by atoms with Crippen LogP contribution in [0.1, 0.15) is 65.2 Å². The van der Waals surface area contributed by atoms with Crippen LogP contribution in [-0.4, -0.2) is 11.6 Å². The third-order valence-electron chi connectivity index (χ3n) is 7.19. The van der Waals surface area contributed by atoms with Crippen LogP contribution in [0.3, 0.4) is 0 Å². The maximum atomic E-state index is 13.0. The van der Waals surface area contributed by atoms with Gasteiger partial charge in [0.1, 0.15) is 5.78 Å². The van der Waals surface area contributed by atoms with Gasteiger partial charge >= 0.3 is 0 Å². The van der Waals surface area contributed by atoms with Crippen molar-refractivity contribution < 1.29 is 9.59 Å². The standard InChI is InChI=1S/C21H28O2/c1-3-9-21-10-8-17-16-7-5-15(22)12-14(16)4-6-18(17)19(21)11-13(2)20(21)23/h8,12-13,16,18-19H,3-7,9-11H2,1-2H3/t13-,16+,18-,19+,21+/m1/s1. The van der Waals surface area contributed by atoms with Crippen LogP contribution in [0.5, 0.6) is 0 Å². The van der Waals surface area contributed by atoms with Gasteiger partial charge in [-0.25, -0.2) is 0 Å². The molecular weight excluding hydrogens is 284 g/mol. The van der Waals surface area contributed by atoms with Gasteiger partial charge in [-0.1, -0.05) is 37.5 Å². The topological polar surface area (TPSA) is 34.1 Å². The monoisotopic (exact) mass is 312 g/mol. The van der Waals surface area contributed by atoms with Crippen LogP contribution in [0, 0.1) is 29.1 Å². The van der Waals surface area contributed by atoms with E-state index in [2.05, 4.69) is 19.9 Å². The summed E-state index contributed by atoms with van der Waals surface area (Å²) in [5.74, 6) is 2.76. The molecule has 4 rings (SSSR count). The Labute approximate surface area is 139 Å². The minimum atomic E-state index is -0.0615. The molecule has 0 bridgehead atoms. The molecule has 2 fully saturated rings. The van der Waals surface area contributed by atoms with E-state index < -0.39 is 0 Å². The highest BCUT2D eigenvalue weighted by Gasteiger charge is 2.57. The Morgan fingerprint density at radius 1 is 1.22 bits per heavy atom. The van der Waals surface area contributed by atoms with Crippen molar-refractivity contribution in [3.8, 4) is 0 Å². The summed E-state index contributed by atoms with van der Waals surface area (Å²) in [5, 5.41) is 0. The normalized spacial score (nSPS) is 42.5. The molecule has 0 heterocycles. The molecule has 4 aliphatic carbocycles. The summed E-state index contributed by atoms with van der Waals surface area (Å²) < 4.78 is 0. The predicted octanol–water partition coefficient (Wildman–Crippen LogP) is 4.64. The summed E-state index contributed by atoms with van der Waals surface area (Å²) in [7, 11) is 0. The molecular formula is C21H28O2. The van der Waals surface area contributed by atoms with Crippen LogP contribution in [0.15, 0.2) is 23.3 Å². The Hall–Kier alpha value is -1.18. The van der Waals surface area contributed by atoms with Crippen molar-refractivity contribution in [3.05, 3.63) is 23.3 Å². The molecule has 0 saturated heterocycles. The van der Waals surface area contributed by atoms with Crippen LogP contribution in [0.4, 0.5) is 0 Å². The van der Waals surface area contributed by atoms with Crippen molar-refractivity contribution in [2.24, 2.45) is 29.1 Å². The maximum Gasteiger partial charge on any atom is 0.155 e. The third-order valence-corrected chi connectivity index (χ3v) is 7.19. The van der Waals surface area contributed by atoms with Gasteiger partial charge in [-0.15, -0.1) is 0 Å². The highest BCUT2D eigenvalue weighted by atomic mass is 16.1. The molecule has 2 heteroatoms. The van der Waals surface area contributed by atoms with E-state index in [0.717, 1.165) is 44.9 Å². The van der Waals surface area contributed by atoms with Crippen LogP contribution in [0.2, 0.25) is 0 Å². The van der Waals surface area contributed by atoms with Crippen LogP contribution >= 0.6 is 0 Å². The average Bonchev–Trinajstić information content (AvgIpc) is 2.79. The van der Waals surface area contributed by atoms with Crippen molar-refractivity contribution in [1.29, 1.82) is 0 Å². The van der Waals surface area contributed by atoms with Gasteiger partial charge in [0, 0.05) is 23.7 Å². The Kier molecular flexibility index (Phi) is 3.62. The van der Waals surface area contributed by atoms with Gasteiger partial charge in [0.15, 0.2) is 5.78 Å². The molecule has 0 amide bonds. The number of fused-ring (bicyclic) bond motifs is 5. The van der Waals surface area contributed by atoms with E-state index in [4.69, 9.17) is 0 Å². The van der Waals surface area contributed by atoms with E-state index in [0.29, 0.717) is 35.7 Å². The molecule has 0 aromatic carbocycles. The average molecular weight is 312 g/mol. The van der Waals surface area contributed by atoms with Gasteiger partial charge in [-0.05, 0) is 56.4 Å². The summed E-state index contributed by atoms with van der Waals surface area (Å²) in [6.07, 6.45) is 12.5. The zero-order valence-corrected chi connectivity index (χ0v) is 14.4. The first-order chi connectivity index (χ1) is 11.1. The van der Waals surface area contributed by atoms with Gasteiger partial charge in [0.25, 0.3) is 0 Å². The number of carbonyl (C=O) groups is 2. The molecule has 0 unspecified atom stereocenters. The molecule has 0 aromatic rings. The number of rotatable bonds is 2. The number of carbonyl (C=O) groups excluding carboxylic acids is 2. The summed E-state index contributed by atoms with van der Waals surface area (Å²) >= 11 is 0. The molecule has 2 nitrogen and oxygen atoms in total. The van der Waals surface area contributed by atoms with Crippen LogP contribution in [-0.2, 0) is 9.59 Å². The summed E-state index contributed by atoms with van der Waals surface area (Å²) in [5.41, 5.74) is 2.91. The van der Waals surface area contributed by atoms with Crippen molar-refractivity contribution in [3.63, 3.8) is 0 Å². The molecule has 5 atom stereocenters. The molecule has 0 spiro atoms. The SMILES string of the molecule is CCC[C@]12CC=C3[C@H]4CCC(=O)C=C4CC[C@H]3[C@@H]1C[C@@H](C)C2=O. The lowest BCUT2D eigenvalue weighted by Gasteiger charge is -2.48. The summed E-state index contributed by atoms with van der Waals surface area (Å²) in [6.45, 7) is 4.36. The number of allylic oxidation sites excluding steroid dienone is 4. The van der Waals surface area contributed by atoms with E-state index in [9.17, 15) is 9.59 Å². The number of hydrogen-bond donors (Lipinski definition) is 0. The van der Waals surface area contributed by atoms with E-state index in [-0.39, 0.29) is 11.3 Å². The zero-order valence-electron chi connectivity index (χ0n) is 14.4. The van der Waals surface area contributed by atoms with Crippen LogP contribution < -0.4 is 0 Å². The van der Waals surface area contributed by atoms with Gasteiger partial charge < -0.3 is 0 Å². The first-order valence-electron chi connectivity index (χ1n) is 9.54. The minimum absolute atomic E-state index is 0.0615. The zero-order chi connectivity index (χ0) is 16.2. The van der Waals surface area contributed by atoms with Crippen LogP contribution in [0.25, 0.3) is 0 Å². The van der Waals surface area contributed by atoms with Gasteiger partial charge in [-0.3, -0.25) is 9.59 Å². The maximum absolute atomic E-state index is 13.0. The second-order valence-electron chi connectivity index (χ2n) is 8.34. The molecule has 124 valence electrons. The highest BCUT2D eigenvalue weighted by molar-refractivity contribution is 5.92. The minimum Gasteiger partial charge on any atom is -0.299 e.